The van der Waals surface area contributed by atoms with Gasteiger partial charge in [-0.15, -0.1) is 0 Å². The first-order chi connectivity index (χ1) is 10.2. The predicted molar refractivity (Wildman–Crippen MR) is 84.0 cm³/mol. The molecule has 1 aromatic carbocycles. The number of nitrogens with two attached hydrogens (primary N) is 1. The van der Waals surface area contributed by atoms with Crippen molar-refractivity contribution in [3.8, 4) is 0 Å². The lowest BCUT2D eigenvalue weighted by Crippen LogP contribution is -2.30. The van der Waals surface area contributed by atoms with Gasteiger partial charge in [-0.1, -0.05) is 29.8 Å². The quantitative estimate of drug-likeness (QED) is 0.924. The zero-order valence-electron chi connectivity index (χ0n) is 11.9. The van der Waals surface area contributed by atoms with E-state index in [1.165, 1.54) is 0 Å². The molecule has 2 rings (SSSR count). The second-order valence-electron chi connectivity index (χ2n) is 4.65. The highest BCUT2D eigenvalue weighted by molar-refractivity contribution is 6.31. The van der Waals surface area contributed by atoms with Crippen LogP contribution in [-0.4, -0.2) is 22.3 Å². The van der Waals surface area contributed by atoms with Crippen LogP contribution in [-0.2, 0) is 13.1 Å². The maximum atomic E-state index is 12.6. The van der Waals surface area contributed by atoms with Crippen LogP contribution in [0.1, 0.15) is 28.5 Å². The number of carbonyl (C=O) groups is 1. The zero-order chi connectivity index (χ0) is 15.2. The van der Waals surface area contributed by atoms with Crippen molar-refractivity contribution >= 4 is 17.5 Å². The fraction of sp³-hybridized carbons (Fsp3) is 0.250. The number of aromatic nitrogens is 1. The summed E-state index contributed by atoms with van der Waals surface area (Å²) in [6.45, 7) is 3.34. The van der Waals surface area contributed by atoms with Gasteiger partial charge in [0.15, 0.2) is 0 Å². The lowest BCUT2D eigenvalue weighted by Gasteiger charge is -2.21. The largest absolute Gasteiger partial charge is 0.335 e. The third-order valence-corrected chi connectivity index (χ3v) is 3.63. The third-order valence-electron chi connectivity index (χ3n) is 3.26. The van der Waals surface area contributed by atoms with E-state index in [-0.39, 0.29) is 5.91 Å². The molecule has 110 valence electrons. The van der Waals surface area contributed by atoms with Crippen molar-refractivity contribution in [2.45, 2.75) is 20.0 Å². The second-order valence-corrected chi connectivity index (χ2v) is 5.06. The predicted octanol–water partition coefficient (Wildman–Crippen LogP) is 2.86. The van der Waals surface area contributed by atoms with Crippen LogP contribution in [0.25, 0.3) is 0 Å². The van der Waals surface area contributed by atoms with Crippen LogP contribution in [0.2, 0.25) is 5.02 Å². The molecule has 5 heteroatoms. The average Bonchev–Trinajstić information content (AvgIpc) is 2.53. The van der Waals surface area contributed by atoms with Crippen LogP contribution >= 0.6 is 11.6 Å². The molecule has 0 unspecified atom stereocenters. The Morgan fingerprint density at radius 3 is 2.76 bits per heavy atom. The molecule has 0 atom stereocenters. The van der Waals surface area contributed by atoms with Crippen molar-refractivity contribution in [2.24, 2.45) is 5.73 Å². The summed E-state index contributed by atoms with van der Waals surface area (Å²) in [5.74, 6) is -0.0467. The molecule has 0 aliphatic heterocycles. The Labute approximate surface area is 129 Å². The Bertz CT molecular complexity index is 630. The summed E-state index contributed by atoms with van der Waals surface area (Å²) in [4.78, 5) is 18.4. The first-order valence-electron chi connectivity index (χ1n) is 6.83. The maximum Gasteiger partial charge on any atom is 0.254 e. The summed E-state index contributed by atoms with van der Waals surface area (Å²) in [6.07, 6.45) is 1.61. The summed E-state index contributed by atoms with van der Waals surface area (Å²) in [5.41, 5.74) is 7.80. The molecule has 0 aliphatic rings. The number of hydrogen-bond donors (Lipinski definition) is 1. The standard InChI is InChI=1S/C16H18ClN3O/c1-2-20(11-13-5-3-4-6-15(13)17)16(21)12-7-8-19-14(9-12)10-18/h3-9H,2,10-11,18H2,1H3. The Morgan fingerprint density at radius 1 is 1.33 bits per heavy atom. The van der Waals surface area contributed by atoms with E-state index in [0.717, 1.165) is 5.56 Å². The van der Waals surface area contributed by atoms with Gasteiger partial charge >= 0.3 is 0 Å². The number of pyridine rings is 1. The molecule has 0 spiro atoms. The summed E-state index contributed by atoms with van der Waals surface area (Å²) >= 11 is 6.16. The fourth-order valence-corrected chi connectivity index (χ4v) is 2.26. The number of amides is 1. The van der Waals surface area contributed by atoms with E-state index in [0.29, 0.717) is 35.9 Å². The minimum atomic E-state index is -0.0467. The molecule has 0 saturated carbocycles. The molecule has 1 aromatic heterocycles. The van der Waals surface area contributed by atoms with E-state index in [2.05, 4.69) is 4.98 Å². The lowest BCUT2D eigenvalue weighted by atomic mass is 10.1. The van der Waals surface area contributed by atoms with E-state index >= 15 is 0 Å². The number of hydrogen-bond acceptors (Lipinski definition) is 3. The van der Waals surface area contributed by atoms with Crippen molar-refractivity contribution in [2.75, 3.05) is 6.54 Å². The molecule has 21 heavy (non-hydrogen) atoms. The molecule has 0 aliphatic carbocycles. The lowest BCUT2D eigenvalue weighted by molar-refractivity contribution is 0.0752. The molecule has 1 heterocycles. The second kappa shape index (κ2) is 7.20. The molecule has 1 amide bonds. The zero-order valence-corrected chi connectivity index (χ0v) is 12.7. The summed E-state index contributed by atoms with van der Waals surface area (Å²) < 4.78 is 0. The first-order valence-corrected chi connectivity index (χ1v) is 7.21. The van der Waals surface area contributed by atoms with Gasteiger partial charge in [-0.05, 0) is 30.7 Å². The summed E-state index contributed by atoms with van der Waals surface area (Å²) in [6, 6.07) is 11.0. The highest BCUT2D eigenvalue weighted by atomic mass is 35.5. The third kappa shape index (κ3) is 3.80. The van der Waals surface area contributed by atoms with Gasteiger partial charge in [-0.25, -0.2) is 0 Å². The fourth-order valence-electron chi connectivity index (χ4n) is 2.06. The number of carbonyl (C=O) groups excluding carboxylic acids is 1. The molecular weight excluding hydrogens is 286 g/mol. The molecule has 0 fully saturated rings. The number of rotatable bonds is 5. The normalized spacial score (nSPS) is 10.4. The van der Waals surface area contributed by atoms with Crippen LogP contribution in [0.3, 0.4) is 0 Å². The topological polar surface area (TPSA) is 59.2 Å². The van der Waals surface area contributed by atoms with Gasteiger partial charge in [-0.3, -0.25) is 9.78 Å². The van der Waals surface area contributed by atoms with Crippen molar-refractivity contribution in [3.05, 3.63) is 64.4 Å². The van der Waals surface area contributed by atoms with E-state index in [1.54, 1.807) is 23.2 Å². The van der Waals surface area contributed by atoms with Crippen LogP contribution in [0.4, 0.5) is 0 Å². The van der Waals surface area contributed by atoms with Crippen molar-refractivity contribution in [1.29, 1.82) is 0 Å². The molecule has 0 bridgehead atoms. The Morgan fingerprint density at radius 2 is 2.10 bits per heavy atom. The monoisotopic (exact) mass is 303 g/mol. The van der Waals surface area contributed by atoms with Gasteiger partial charge < -0.3 is 10.6 Å². The van der Waals surface area contributed by atoms with Gasteiger partial charge in [-0.2, -0.15) is 0 Å². The average molecular weight is 304 g/mol. The summed E-state index contributed by atoms with van der Waals surface area (Å²) in [5, 5.41) is 0.668. The molecular formula is C16H18ClN3O. The Kier molecular flexibility index (Phi) is 5.31. The Balaban J connectivity index is 2.20. The van der Waals surface area contributed by atoms with E-state index < -0.39 is 0 Å². The van der Waals surface area contributed by atoms with Crippen molar-refractivity contribution < 1.29 is 4.79 Å². The van der Waals surface area contributed by atoms with E-state index in [1.807, 2.05) is 31.2 Å². The van der Waals surface area contributed by atoms with E-state index in [9.17, 15) is 4.79 Å². The molecule has 4 nitrogen and oxygen atoms in total. The molecule has 0 radical (unpaired) electrons. The van der Waals surface area contributed by atoms with Crippen LogP contribution in [0, 0.1) is 0 Å². The van der Waals surface area contributed by atoms with Gasteiger partial charge in [0, 0.05) is 36.4 Å². The minimum absolute atomic E-state index is 0.0467. The number of nitrogens with zero attached hydrogens (tertiary/aromatic N) is 2. The highest BCUT2D eigenvalue weighted by Gasteiger charge is 2.16. The SMILES string of the molecule is CCN(Cc1ccccc1Cl)C(=O)c1ccnc(CN)c1. The van der Waals surface area contributed by atoms with Crippen LogP contribution in [0.15, 0.2) is 42.6 Å². The van der Waals surface area contributed by atoms with Gasteiger partial charge in [0.25, 0.3) is 5.91 Å². The van der Waals surface area contributed by atoms with Crippen LogP contribution < -0.4 is 5.73 Å². The first kappa shape index (κ1) is 15.5. The van der Waals surface area contributed by atoms with E-state index in [4.69, 9.17) is 17.3 Å². The molecule has 0 saturated heterocycles. The molecule has 2 N–H and O–H groups in total. The number of benzene rings is 1. The van der Waals surface area contributed by atoms with Gasteiger partial charge in [0.2, 0.25) is 0 Å². The molecule has 2 aromatic rings. The maximum absolute atomic E-state index is 12.6. The van der Waals surface area contributed by atoms with Crippen LogP contribution in [0.5, 0.6) is 0 Å². The van der Waals surface area contributed by atoms with Crippen molar-refractivity contribution in [1.82, 2.24) is 9.88 Å². The van der Waals surface area contributed by atoms with Gasteiger partial charge in [0.05, 0.1) is 5.69 Å². The minimum Gasteiger partial charge on any atom is -0.335 e. The highest BCUT2D eigenvalue weighted by Crippen LogP contribution is 2.18. The number of halogens is 1. The Hall–Kier alpha value is -1.91. The van der Waals surface area contributed by atoms with Gasteiger partial charge in [0.1, 0.15) is 0 Å². The summed E-state index contributed by atoms with van der Waals surface area (Å²) in [7, 11) is 0. The smallest absolute Gasteiger partial charge is 0.254 e. The van der Waals surface area contributed by atoms with Crippen molar-refractivity contribution in [3.63, 3.8) is 0 Å².